The van der Waals surface area contributed by atoms with Gasteiger partial charge in [-0.25, -0.2) is 4.79 Å². The zero-order valence-electron chi connectivity index (χ0n) is 15.4. The van der Waals surface area contributed by atoms with Crippen LogP contribution in [0.5, 0.6) is 0 Å². The Morgan fingerprint density at radius 3 is 2.64 bits per heavy atom. The van der Waals surface area contributed by atoms with E-state index in [1.54, 1.807) is 17.9 Å². The fourth-order valence-electron chi connectivity index (χ4n) is 3.34. The summed E-state index contributed by atoms with van der Waals surface area (Å²) in [4.78, 5) is 26.7. The summed E-state index contributed by atoms with van der Waals surface area (Å²) in [6.45, 7) is 2.78. The molecule has 0 aliphatic carbocycles. The van der Waals surface area contributed by atoms with Crippen LogP contribution in [0.3, 0.4) is 0 Å². The van der Waals surface area contributed by atoms with Crippen LogP contribution >= 0.6 is 0 Å². The number of amides is 3. The number of hydrogen-bond donors (Lipinski definition) is 2. The molecular weight excluding hydrogens is 356 g/mol. The van der Waals surface area contributed by atoms with Gasteiger partial charge in [-0.3, -0.25) is 4.79 Å². The zero-order valence-corrected chi connectivity index (χ0v) is 15.4. The number of aryl methyl sites for hydroxylation is 1. The molecule has 0 unspecified atom stereocenters. The molecule has 142 valence electrons. The molecule has 2 aromatic carbocycles. The standard InChI is InChI=1S/C21H20N4O3/c1-14-12-19(24-28-14)20(26)25-11-10-17-15(13-25)6-5-9-18(17)23-21(27)22-16-7-3-2-4-8-16/h2-9,12H,10-11,13H2,1H3,(H2,22,23,27). The van der Waals surface area contributed by atoms with E-state index >= 15 is 0 Å². The molecule has 3 aromatic rings. The van der Waals surface area contributed by atoms with E-state index in [4.69, 9.17) is 4.52 Å². The molecule has 4 rings (SSSR count). The van der Waals surface area contributed by atoms with E-state index < -0.39 is 0 Å². The molecule has 2 heterocycles. The van der Waals surface area contributed by atoms with Gasteiger partial charge >= 0.3 is 6.03 Å². The number of hydrogen-bond acceptors (Lipinski definition) is 4. The van der Waals surface area contributed by atoms with E-state index in [-0.39, 0.29) is 11.9 Å². The average molecular weight is 376 g/mol. The summed E-state index contributed by atoms with van der Waals surface area (Å²) in [7, 11) is 0. The highest BCUT2D eigenvalue weighted by Gasteiger charge is 2.25. The van der Waals surface area contributed by atoms with Crippen LogP contribution < -0.4 is 10.6 Å². The first kappa shape index (κ1) is 17.8. The largest absolute Gasteiger partial charge is 0.361 e. The summed E-state index contributed by atoms with van der Waals surface area (Å²) in [6, 6.07) is 16.4. The van der Waals surface area contributed by atoms with Gasteiger partial charge in [-0.15, -0.1) is 0 Å². The SMILES string of the molecule is Cc1cc(C(=O)N2CCc3c(cccc3NC(=O)Nc3ccccc3)C2)no1. The molecule has 0 fully saturated rings. The Morgan fingerprint density at radius 1 is 1.07 bits per heavy atom. The van der Waals surface area contributed by atoms with Gasteiger partial charge in [0.2, 0.25) is 0 Å². The van der Waals surface area contributed by atoms with Crippen molar-refractivity contribution in [1.29, 1.82) is 0 Å². The molecule has 0 bridgehead atoms. The Bertz CT molecular complexity index is 1010. The first-order valence-corrected chi connectivity index (χ1v) is 9.06. The minimum absolute atomic E-state index is 0.150. The smallest absolute Gasteiger partial charge is 0.323 e. The van der Waals surface area contributed by atoms with Crippen LogP contribution in [0, 0.1) is 6.92 Å². The Kier molecular flexibility index (Phi) is 4.80. The van der Waals surface area contributed by atoms with E-state index in [9.17, 15) is 9.59 Å². The summed E-state index contributed by atoms with van der Waals surface area (Å²) in [5.74, 6) is 0.458. The predicted molar refractivity (Wildman–Crippen MR) is 105 cm³/mol. The second kappa shape index (κ2) is 7.56. The van der Waals surface area contributed by atoms with E-state index in [0.717, 1.165) is 22.5 Å². The van der Waals surface area contributed by atoms with Crippen LogP contribution in [0.4, 0.5) is 16.2 Å². The number of para-hydroxylation sites is 1. The van der Waals surface area contributed by atoms with Crippen LogP contribution in [-0.2, 0) is 13.0 Å². The first-order chi connectivity index (χ1) is 13.6. The van der Waals surface area contributed by atoms with Crippen LogP contribution in [0.2, 0.25) is 0 Å². The maximum Gasteiger partial charge on any atom is 0.323 e. The zero-order chi connectivity index (χ0) is 19.5. The van der Waals surface area contributed by atoms with Crippen molar-refractivity contribution in [1.82, 2.24) is 10.1 Å². The van der Waals surface area contributed by atoms with Crippen molar-refractivity contribution in [3.63, 3.8) is 0 Å². The van der Waals surface area contributed by atoms with Crippen LogP contribution in [-0.4, -0.2) is 28.5 Å². The highest BCUT2D eigenvalue weighted by molar-refractivity contribution is 6.00. The summed E-state index contributed by atoms with van der Waals surface area (Å²) < 4.78 is 5.01. The lowest BCUT2D eigenvalue weighted by atomic mass is 9.97. The lowest BCUT2D eigenvalue weighted by molar-refractivity contribution is 0.0724. The van der Waals surface area contributed by atoms with Gasteiger partial charge in [0.1, 0.15) is 5.76 Å². The van der Waals surface area contributed by atoms with Gasteiger partial charge in [-0.2, -0.15) is 0 Å². The molecular formula is C21H20N4O3. The topological polar surface area (TPSA) is 87.5 Å². The summed E-state index contributed by atoms with van der Waals surface area (Å²) in [6.07, 6.45) is 0.652. The molecule has 0 saturated heterocycles. The summed E-state index contributed by atoms with van der Waals surface area (Å²) >= 11 is 0. The van der Waals surface area contributed by atoms with Crippen molar-refractivity contribution in [2.45, 2.75) is 19.9 Å². The number of urea groups is 1. The number of carbonyl (C=O) groups excluding carboxylic acids is 2. The van der Waals surface area contributed by atoms with Gasteiger partial charge in [-0.05, 0) is 42.7 Å². The lowest BCUT2D eigenvalue weighted by Gasteiger charge is -2.29. The molecule has 0 saturated carbocycles. The third-order valence-corrected chi connectivity index (χ3v) is 4.68. The van der Waals surface area contributed by atoms with Crippen molar-refractivity contribution in [2.75, 3.05) is 17.2 Å². The molecule has 1 aliphatic heterocycles. The molecule has 0 atom stereocenters. The molecule has 7 heteroatoms. The van der Waals surface area contributed by atoms with Crippen LogP contribution in [0.1, 0.15) is 27.4 Å². The molecule has 2 N–H and O–H groups in total. The number of anilines is 2. The summed E-state index contributed by atoms with van der Waals surface area (Å²) in [5.41, 5.74) is 3.86. The van der Waals surface area contributed by atoms with E-state index in [1.807, 2.05) is 48.5 Å². The Morgan fingerprint density at radius 2 is 1.89 bits per heavy atom. The van der Waals surface area contributed by atoms with Crippen molar-refractivity contribution >= 4 is 23.3 Å². The molecule has 3 amide bonds. The number of carbonyl (C=O) groups is 2. The number of fused-ring (bicyclic) bond motifs is 1. The van der Waals surface area contributed by atoms with Gasteiger partial charge in [0, 0.05) is 30.5 Å². The van der Waals surface area contributed by atoms with E-state index in [2.05, 4.69) is 15.8 Å². The predicted octanol–water partition coefficient (Wildman–Crippen LogP) is 3.83. The Labute approximate surface area is 162 Å². The van der Waals surface area contributed by atoms with Crippen molar-refractivity contribution < 1.29 is 14.1 Å². The normalized spacial score (nSPS) is 13.0. The first-order valence-electron chi connectivity index (χ1n) is 9.06. The number of rotatable bonds is 3. The molecule has 1 aliphatic rings. The lowest BCUT2D eigenvalue weighted by Crippen LogP contribution is -2.36. The molecule has 0 spiro atoms. The molecule has 28 heavy (non-hydrogen) atoms. The molecule has 1 aromatic heterocycles. The van der Waals surface area contributed by atoms with Crippen molar-refractivity contribution in [3.8, 4) is 0 Å². The fraction of sp³-hybridized carbons (Fsp3) is 0.190. The number of nitrogens with zero attached hydrogens (tertiary/aromatic N) is 2. The third-order valence-electron chi connectivity index (χ3n) is 4.68. The average Bonchev–Trinajstić information content (AvgIpc) is 3.14. The quantitative estimate of drug-likeness (QED) is 0.727. The van der Waals surface area contributed by atoms with Gasteiger partial charge in [0.25, 0.3) is 5.91 Å². The Balaban J connectivity index is 1.47. The van der Waals surface area contributed by atoms with Crippen LogP contribution in [0.25, 0.3) is 0 Å². The van der Waals surface area contributed by atoms with Crippen molar-refractivity contribution in [2.24, 2.45) is 0 Å². The second-order valence-electron chi connectivity index (χ2n) is 6.69. The van der Waals surface area contributed by atoms with Crippen molar-refractivity contribution in [3.05, 3.63) is 77.2 Å². The highest BCUT2D eigenvalue weighted by Crippen LogP contribution is 2.27. The number of nitrogens with one attached hydrogen (secondary N) is 2. The Hall–Kier alpha value is -3.61. The molecule has 7 nitrogen and oxygen atoms in total. The van der Waals surface area contributed by atoms with Crippen LogP contribution in [0.15, 0.2) is 59.1 Å². The van der Waals surface area contributed by atoms with E-state index in [0.29, 0.717) is 31.0 Å². The highest BCUT2D eigenvalue weighted by atomic mass is 16.5. The minimum atomic E-state index is -0.295. The van der Waals surface area contributed by atoms with Gasteiger partial charge in [-0.1, -0.05) is 35.5 Å². The van der Waals surface area contributed by atoms with Gasteiger partial charge in [0.05, 0.1) is 0 Å². The van der Waals surface area contributed by atoms with Gasteiger partial charge in [0.15, 0.2) is 5.69 Å². The third kappa shape index (κ3) is 3.73. The second-order valence-corrected chi connectivity index (χ2v) is 6.69. The van der Waals surface area contributed by atoms with Gasteiger partial charge < -0.3 is 20.1 Å². The number of aromatic nitrogens is 1. The minimum Gasteiger partial charge on any atom is -0.361 e. The molecule has 0 radical (unpaired) electrons. The summed E-state index contributed by atoms with van der Waals surface area (Å²) in [5, 5.41) is 9.54. The monoisotopic (exact) mass is 376 g/mol. The fourth-order valence-corrected chi connectivity index (χ4v) is 3.34. The maximum atomic E-state index is 12.6. The van der Waals surface area contributed by atoms with E-state index in [1.165, 1.54) is 0 Å². The maximum absolute atomic E-state index is 12.6. The number of benzene rings is 2.